The fourth-order valence-corrected chi connectivity index (χ4v) is 0.666. The van der Waals surface area contributed by atoms with Gasteiger partial charge < -0.3 is 14.0 Å². The van der Waals surface area contributed by atoms with E-state index in [1.165, 1.54) is 0 Å². The molecule has 0 rings (SSSR count). The molecule has 80 valence electrons. The number of rotatable bonds is 7. The van der Waals surface area contributed by atoms with E-state index in [4.69, 9.17) is 14.0 Å². The standard InChI is InChI=1S/C9H17BO4/c1-5-8(4)13-10(12-7-3)14-9(11)6-2/h6,8H,2,5,7H2,1,3-4H3. The minimum Gasteiger partial charge on any atom is -0.482 e. The van der Waals surface area contributed by atoms with Crippen LogP contribution in [0.1, 0.15) is 27.2 Å². The van der Waals surface area contributed by atoms with Crippen molar-refractivity contribution in [3.8, 4) is 0 Å². The Kier molecular flexibility index (Phi) is 7.15. The number of hydrogen-bond donors (Lipinski definition) is 0. The van der Waals surface area contributed by atoms with Gasteiger partial charge in [0, 0.05) is 18.8 Å². The van der Waals surface area contributed by atoms with Crippen LogP contribution in [-0.4, -0.2) is 26.0 Å². The van der Waals surface area contributed by atoms with E-state index in [2.05, 4.69) is 6.58 Å². The highest BCUT2D eigenvalue weighted by molar-refractivity contribution is 6.39. The number of hydrogen-bond acceptors (Lipinski definition) is 4. The van der Waals surface area contributed by atoms with Crippen LogP contribution in [0.3, 0.4) is 0 Å². The minimum absolute atomic E-state index is 0.0100. The van der Waals surface area contributed by atoms with Crippen LogP contribution >= 0.6 is 0 Å². The Hall–Kier alpha value is -0.805. The van der Waals surface area contributed by atoms with Gasteiger partial charge in [-0.2, -0.15) is 0 Å². The van der Waals surface area contributed by atoms with E-state index in [1.54, 1.807) is 6.92 Å². The van der Waals surface area contributed by atoms with Crippen LogP contribution in [0.15, 0.2) is 12.7 Å². The monoisotopic (exact) mass is 200 g/mol. The molecule has 0 spiro atoms. The summed E-state index contributed by atoms with van der Waals surface area (Å²) in [5.41, 5.74) is 0. The SMILES string of the molecule is C=CC(=O)OB(OCC)OC(C)CC. The van der Waals surface area contributed by atoms with Gasteiger partial charge in [0.25, 0.3) is 0 Å². The van der Waals surface area contributed by atoms with Crippen molar-refractivity contribution < 1.29 is 18.8 Å². The van der Waals surface area contributed by atoms with E-state index < -0.39 is 13.3 Å². The van der Waals surface area contributed by atoms with Gasteiger partial charge >= 0.3 is 13.3 Å². The third-order valence-corrected chi connectivity index (χ3v) is 1.60. The van der Waals surface area contributed by atoms with Gasteiger partial charge in [0.15, 0.2) is 0 Å². The van der Waals surface area contributed by atoms with Gasteiger partial charge in [0.2, 0.25) is 0 Å². The number of carbonyl (C=O) groups excluding carboxylic acids is 1. The molecule has 0 saturated carbocycles. The van der Waals surface area contributed by atoms with Crippen LogP contribution in [0.2, 0.25) is 0 Å². The zero-order valence-electron chi connectivity index (χ0n) is 8.99. The molecule has 1 atom stereocenters. The van der Waals surface area contributed by atoms with Gasteiger partial charge in [-0.25, -0.2) is 4.79 Å². The Morgan fingerprint density at radius 1 is 1.57 bits per heavy atom. The van der Waals surface area contributed by atoms with E-state index in [0.29, 0.717) is 6.61 Å². The van der Waals surface area contributed by atoms with Crippen molar-refractivity contribution in [2.75, 3.05) is 6.61 Å². The summed E-state index contributed by atoms with van der Waals surface area (Å²) in [6.45, 7) is 9.37. The smallest absolute Gasteiger partial charge is 0.482 e. The van der Waals surface area contributed by atoms with Gasteiger partial charge in [-0.05, 0) is 20.3 Å². The molecule has 14 heavy (non-hydrogen) atoms. The maximum atomic E-state index is 10.9. The third kappa shape index (κ3) is 5.77. The fraction of sp³-hybridized carbons (Fsp3) is 0.667. The molecule has 0 radical (unpaired) electrons. The molecular weight excluding hydrogens is 183 g/mol. The lowest BCUT2D eigenvalue weighted by molar-refractivity contribution is -0.132. The molecule has 5 heteroatoms. The molecule has 0 fully saturated rings. The average Bonchev–Trinajstić information content (AvgIpc) is 2.17. The molecule has 0 heterocycles. The summed E-state index contributed by atoms with van der Waals surface area (Å²) in [5, 5.41) is 0. The normalized spacial score (nSPS) is 11.9. The summed E-state index contributed by atoms with van der Waals surface area (Å²) in [6.07, 6.45) is 1.89. The van der Waals surface area contributed by atoms with Crippen molar-refractivity contribution in [3.05, 3.63) is 12.7 Å². The maximum absolute atomic E-state index is 10.9. The highest BCUT2D eigenvalue weighted by Crippen LogP contribution is 2.02. The molecule has 0 aromatic heterocycles. The topological polar surface area (TPSA) is 44.8 Å². The molecule has 0 N–H and O–H groups in total. The van der Waals surface area contributed by atoms with Gasteiger partial charge in [-0.1, -0.05) is 13.5 Å². The molecule has 4 nitrogen and oxygen atoms in total. The highest BCUT2D eigenvalue weighted by Gasteiger charge is 2.27. The Labute approximate surface area is 85.4 Å². The largest absolute Gasteiger partial charge is 0.715 e. The van der Waals surface area contributed by atoms with Gasteiger partial charge in [-0.3, -0.25) is 0 Å². The molecule has 0 aliphatic carbocycles. The Bertz CT molecular complexity index is 184. The van der Waals surface area contributed by atoms with E-state index in [9.17, 15) is 4.79 Å². The van der Waals surface area contributed by atoms with Crippen molar-refractivity contribution in [2.24, 2.45) is 0 Å². The predicted octanol–water partition coefficient (Wildman–Crippen LogP) is 1.55. The van der Waals surface area contributed by atoms with Crippen LogP contribution in [0, 0.1) is 0 Å². The summed E-state index contributed by atoms with van der Waals surface area (Å²) in [6, 6.07) is 0. The molecule has 0 amide bonds. The van der Waals surface area contributed by atoms with Crippen molar-refractivity contribution in [1.82, 2.24) is 0 Å². The van der Waals surface area contributed by atoms with Crippen LogP contribution in [0.25, 0.3) is 0 Å². The van der Waals surface area contributed by atoms with Gasteiger partial charge in [0.1, 0.15) is 0 Å². The Morgan fingerprint density at radius 3 is 2.64 bits per heavy atom. The first-order valence-electron chi connectivity index (χ1n) is 4.74. The molecular formula is C9H17BO4. The fourth-order valence-electron chi connectivity index (χ4n) is 0.666. The van der Waals surface area contributed by atoms with Crippen LogP contribution in [0.5, 0.6) is 0 Å². The summed E-state index contributed by atoms with van der Waals surface area (Å²) in [7, 11) is -0.930. The summed E-state index contributed by atoms with van der Waals surface area (Å²) in [5.74, 6) is -0.549. The average molecular weight is 200 g/mol. The zero-order valence-corrected chi connectivity index (χ0v) is 8.99. The van der Waals surface area contributed by atoms with Crippen molar-refractivity contribution in [2.45, 2.75) is 33.3 Å². The number of carbonyl (C=O) groups is 1. The second-order valence-electron chi connectivity index (χ2n) is 2.74. The van der Waals surface area contributed by atoms with Crippen LogP contribution < -0.4 is 0 Å². The van der Waals surface area contributed by atoms with Crippen molar-refractivity contribution in [1.29, 1.82) is 0 Å². The van der Waals surface area contributed by atoms with Gasteiger partial charge in [-0.15, -0.1) is 0 Å². The lowest BCUT2D eigenvalue weighted by Gasteiger charge is -2.16. The Morgan fingerprint density at radius 2 is 2.21 bits per heavy atom. The predicted molar refractivity (Wildman–Crippen MR) is 54.5 cm³/mol. The Balaban J connectivity index is 4.00. The first kappa shape index (κ1) is 13.2. The van der Waals surface area contributed by atoms with Crippen molar-refractivity contribution >= 4 is 13.3 Å². The summed E-state index contributed by atoms with van der Waals surface area (Å²) in [4.78, 5) is 10.9. The van der Waals surface area contributed by atoms with Crippen LogP contribution in [0.4, 0.5) is 0 Å². The molecule has 0 aliphatic rings. The van der Waals surface area contributed by atoms with E-state index in [1.807, 2.05) is 13.8 Å². The highest BCUT2D eigenvalue weighted by atomic mass is 16.7. The minimum atomic E-state index is -0.930. The van der Waals surface area contributed by atoms with Crippen LogP contribution in [-0.2, 0) is 18.8 Å². The lowest BCUT2D eigenvalue weighted by Crippen LogP contribution is -2.32. The quantitative estimate of drug-likeness (QED) is 0.462. The molecule has 1 unspecified atom stereocenters. The summed E-state index contributed by atoms with van der Waals surface area (Å²) >= 11 is 0. The summed E-state index contributed by atoms with van der Waals surface area (Å²) < 4.78 is 15.2. The second kappa shape index (κ2) is 7.59. The van der Waals surface area contributed by atoms with E-state index >= 15 is 0 Å². The first-order chi connectivity index (χ1) is 6.63. The lowest BCUT2D eigenvalue weighted by atomic mass is 10.2. The maximum Gasteiger partial charge on any atom is 0.715 e. The van der Waals surface area contributed by atoms with Gasteiger partial charge in [0.05, 0.1) is 0 Å². The molecule has 0 saturated heterocycles. The zero-order chi connectivity index (χ0) is 11.0. The second-order valence-corrected chi connectivity index (χ2v) is 2.74. The molecule has 0 aromatic carbocycles. The molecule has 0 aliphatic heterocycles. The van der Waals surface area contributed by atoms with Crippen molar-refractivity contribution in [3.63, 3.8) is 0 Å². The molecule has 0 aromatic rings. The molecule has 0 bridgehead atoms. The van der Waals surface area contributed by atoms with E-state index in [-0.39, 0.29) is 6.10 Å². The van der Waals surface area contributed by atoms with E-state index in [0.717, 1.165) is 12.5 Å². The third-order valence-electron chi connectivity index (χ3n) is 1.60. The first-order valence-corrected chi connectivity index (χ1v) is 4.74.